The quantitative estimate of drug-likeness (QED) is 0.333. The molecule has 0 N–H and O–H groups in total. The molecule has 0 spiro atoms. The molecule has 1 aliphatic heterocycles. The number of rotatable bonds is 6. The third kappa shape index (κ3) is 6.01. The van der Waals surface area contributed by atoms with Gasteiger partial charge in [-0.2, -0.15) is 0 Å². The summed E-state index contributed by atoms with van der Waals surface area (Å²) in [5.41, 5.74) is 2.34. The minimum absolute atomic E-state index is 0.0164. The second-order valence-corrected chi connectivity index (χ2v) is 8.97. The van der Waals surface area contributed by atoms with Crippen LogP contribution in [0.3, 0.4) is 0 Å². The van der Waals surface area contributed by atoms with Crippen LogP contribution in [0.2, 0.25) is 0 Å². The van der Waals surface area contributed by atoms with Gasteiger partial charge in [-0.25, -0.2) is 0 Å². The highest BCUT2D eigenvalue weighted by molar-refractivity contribution is 5.99. The summed E-state index contributed by atoms with van der Waals surface area (Å²) in [6.45, 7) is 7.91. The van der Waals surface area contributed by atoms with E-state index in [9.17, 15) is 29.8 Å². The normalized spacial score (nSPS) is 18.7. The van der Waals surface area contributed by atoms with E-state index in [1.165, 1.54) is 24.3 Å². The van der Waals surface area contributed by atoms with Crippen LogP contribution < -0.4 is 0 Å². The van der Waals surface area contributed by atoms with Crippen molar-refractivity contribution in [1.82, 2.24) is 9.80 Å². The van der Waals surface area contributed by atoms with Crippen molar-refractivity contribution in [2.24, 2.45) is 0 Å². The van der Waals surface area contributed by atoms with Crippen LogP contribution in [-0.4, -0.2) is 56.6 Å². The van der Waals surface area contributed by atoms with Gasteiger partial charge < -0.3 is 9.80 Å². The van der Waals surface area contributed by atoms with Crippen LogP contribution in [0.15, 0.2) is 59.7 Å². The van der Waals surface area contributed by atoms with Gasteiger partial charge in [-0.15, -0.1) is 0 Å². The number of amides is 2. The number of piperazine rings is 1. The van der Waals surface area contributed by atoms with E-state index in [0.29, 0.717) is 35.4 Å². The molecule has 1 saturated heterocycles. The first-order valence-corrected chi connectivity index (χ1v) is 11.5. The second kappa shape index (κ2) is 10.9. The fraction of sp³-hybridized carbons (Fsp3) is 0.308. The number of nitrogens with zero attached hydrogens (tertiary/aromatic N) is 4. The molecule has 1 heterocycles. The predicted octanol–water partition coefficient (Wildman–Crippen LogP) is 4.46. The summed E-state index contributed by atoms with van der Waals surface area (Å²) < 4.78 is 0. The van der Waals surface area contributed by atoms with Crippen LogP contribution >= 0.6 is 0 Å². The molecule has 3 rings (SSSR count). The molecule has 10 nitrogen and oxygen atoms in total. The van der Waals surface area contributed by atoms with Crippen molar-refractivity contribution < 1.29 is 19.4 Å². The second-order valence-electron chi connectivity index (χ2n) is 8.97. The highest BCUT2D eigenvalue weighted by Gasteiger charge is 2.35. The zero-order valence-corrected chi connectivity index (χ0v) is 20.6. The third-order valence-electron chi connectivity index (χ3n) is 6.16. The number of carbonyl (C=O) groups is 2. The maximum absolute atomic E-state index is 13.1. The van der Waals surface area contributed by atoms with E-state index in [1.807, 2.05) is 13.8 Å². The lowest BCUT2D eigenvalue weighted by molar-refractivity contribution is -0.385. The SMILES string of the molecule is C/C(=C\c1ccc([N+](=O)[O-])cc1)C(=O)N1C[C@@H](C)N(C(=O)/C(C)=C/c2ccc([N+](=O)[O-])cc2)C[C@H]1C. The number of carbonyl (C=O) groups excluding carboxylic acids is 2. The van der Waals surface area contributed by atoms with Gasteiger partial charge in [0.25, 0.3) is 11.4 Å². The predicted molar refractivity (Wildman–Crippen MR) is 136 cm³/mol. The molecule has 0 aromatic heterocycles. The van der Waals surface area contributed by atoms with Crippen molar-refractivity contribution in [2.45, 2.75) is 39.8 Å². The van der Waals surface area contributed by atoms with Gasteiger partial charge in [0.05, 0.1) is 9.85 Å². The largest absolute Gasteiger partial charge is 0.332 e. The summed E-state index contributed by atoms with van der Waals surface area (Å²) in [6, 6.07) is 11.5. The average Bonchev–Trinajstić information content (AvgIpc) is 2.84. The number of non-ortho nitro benzene ring substituents is 2. The molecule has 10 heteroatoms. The average molecular weight is 493 g/mol. The van der Waals surface area contributed by atoms with Crippen LogP contribution in [0.25, 0.3) is 12.2 Å². The summed E-state index contributed by atoms with van der Waals surface area (Å²) in [7, 11) is 0. The minimum atomic E-state index is -0.474. The molecule has 0 radical (unpaired) electrons. The molecule has 188 valence electrons. The third-order valence-corrected chi connectivity index (χ3v) is 6.16. The Kier molecular flexibility index (Phi) is 7.98. The smallest absolute Gasteiger partial charge is 0.269 e. The molecule has 2 aromatic carbocycles. The maximum atomic E-state index is 13.1. The maximum Gasteiger partial charge on any atom is 0.269 e. The van der Waals surface area contributed by atoms with Crippen LogP contribution in [0.1, 0.15) is 38.8 Å². The van der Waals surface area contributed by atoms with E-state index in [1.54, 1.807) is 60.1 Å². The van der Waals surface area contributed by atoms with Gasteiger partial charge in [0.2, 0.25) is 11.8 Å². The van der Waals surface area contributed by atoms with Gasteiger partial charge in [-0.1, -0.05) is 0 Å². The minimum Gasteiger partial charge on any atom is -0.332 e. The lowest BCUT2D eigenvalue weighted by atomic mass is 10.0. The zero-order chi connectivity index (χ0) is 26.6. The van der Waals surface area contributed by atoms with Gasteiger partial charge in [0.1, 0.15) is 0 Å². The molecular weight excluding hydrogens is 464 g/mol. The Hall–Kier alpha value is -4.34. The molecule has 1 aliphatic rings. The Morgan fingerprint density at radius 2 is 1.03 bits per heavy atom. The molecule has 0 aliphatic carbocycles. The molecule has 1 fully saturated rings. The van der Waals surface area contributed by atoms with Gasteiger partial charge in [0.15, 0.2) is 0 Å². The molecule has 2 amide bonds. The highest BCUT2D eigenvalue weighted by atomic mass is 16.6. The lowest BCUT2D eigenvalue weighted by Gasteiger charge is -2.44. The fourth-order valence-electron chi connectivity index (χ4n) is 4.15. The van der Waals surface area contributed by atoms with Gasteiger partial charge in [-0.3, -0.25) is 29.8 Å². The first-order valence-electron chi connectivity index (χ1n) is 11.5. The summed E-state index contributed by atoms with van der Waals surface area (Å²) >= 11 is 0. The molecule has 2 aromatic rings. The lowest BCUT2D eigenvalue weighted by Crippen LogP contribution is -2.59. The van der Waals surface area contributed by atoms with Gasteiger partial charge in [0, 0.05) is 60.6 Å². The molecule has 0 unspecified atom stereocenters. The van der Waals surface area contributed by atoms with Crippen LogP contribution in [-0.2, 0) is 9.59 Å². The van der Waals surface area contributed by atoms with Crippen molar-refractivity contribution in [3.63, 3.8) is 0 Å². The van der Waals surface area contributed by atoms with Crippen molar-refractivity contribution in [2.75, 3.05) is 13.1 Å². The first-order chi connectivity index (χ1) is 17.0. The first kappa shape index (κ1) is 26.3. The van der Waals surface area contributed by atoms with Crippen molar-refractivity contribution in [3.8, 4) is 0 Å². The number of benzene rings is 2. The Morgan fingerprint density at radius 3 is 1.31 bits per heavy atom. The molecule has 2 atom stereocenters. The van der Waals surface area contributed by atoms with Gasteiger partial charge in [-0.05, 0) is 75.2 Å². The van der Waals surface area contributed by atoms with Crippen molar-refractivity contribution in [3.05, 3.63) is 91.0 Å². The zero-order valence-electron chi connectivity index (χ0n) is 20.6. The standard InChI is InChI=1S/C26H28N4O6/c1-17(13-21-5-9-23(10-6-21)29(33)34)25(31)27-15-20(4)28(16-19(27)3)26(32)18(2)14-22-7-11-24(12-8-22)30(35)36/h5-14,19-20H,15-16H2,1-4H3/b17-13+,18-14+/t19-,20-/m1/s1. The Balaban J connectivity index is 1.69. The Morgan fingerprint density at radius 1 is 0.722 bits per heavy atom. The highest BCUT2D eigenvalue weighted by Crippen LogP contribution is 2.22. The summed E-state index contributed by atoms with van der Waals surface area (Å²) in [6.07, 6.45) is 3.39. The van der Waals surface area contributed by atoms with E-state index in [0.717, 1.165) is 0 Å². The summed E-state index contributed by atoms with van der Waals surface area (Å²) in [4.78, 5) is 50.5. The molecule has 36 heavy (non-hydrogen) atoms. The van der Waals surface area contributed by atoms with E-state index < -0.39 is 9.85 Å². The topological polar surface area (TPSA) is 127 Å². The number of hydrogen-bond acceptors (Lipinski definition) is 6. The van der Waals surface area contributed by atoms with Crippen molar-refractivity contribution >= 4 is 35.3 Å². The number of hydrogen-bond donors (Lipinski definition) is 0. The monoisotopic (exact) mass is 492 g/mol. The van der Waals surface area contributed by atoms with Crippen LogP contribution in [0.5, 0.6) is 0 Å². The van der Waals surface area contributed by atoms with E-state index in [2.05, 4.69) is 0 Å². The Bertz CT molecular complexity index is 1140. The van der Waals surface area contributed by atoms with E-state index in [4.69, 9.17) is 0 Å². The summed E-state index contributed by atoms with van der Waals surface area (Å²) in [5.74, 6) is -0.309. The molecular formula is C26H28N4O6. The fourth-order valence-corrected chi connectivity index (χ4v) is 4.15. The van der Waals surface area contributed by atoms with Crippen LogP contribution in [0, 0.1) is 20.2 Å². The van der Waals surface area contributed by atoms with E-state index in [-0.39, 0.29) is 35.3 Å². The molecule has 0 saturated carbocycles. The Labute approximate surface area is 208 Å². The van der Waals surface area contributed by atoms with Gasteiger partial charge >= 0.3 is 0 Å². The van der Waals surface area contributed by atoms with Crippen LogP contribution in [0.4, 0.5) is 11.4 Å². The van der Waals surface area contributed by atoms with Crippen molar-refractivity contribution in [1.29, 1.82) is 0 Å². The molecule has 0 bridgehead atoms. The van der Waals surface area contributed by atoms with E-state index >= 15 is 0 Å². The number of nitro benzene ring substituents is 2. The number of nitro groups is 2. The summed E-state index contributed by atoms with van der Waals surface area (Å²) in [5, 5.41) is 21.7.